The number of aromatic nitrogens is 1. The van der Waals surface area contributed by atoms with Crippen LogP contribution < -0.4 is 5.73 Å². The monoisotopic (exact) mass is 376 g/mol. The quantitative estimate of drug-likeness (QED) is 0.806. The van der Waals surface area contributed by atoms with Crippen molar-refractivity contribution in [3.05, 3.63) is 25.5 Å². The van der Waals surface area contributed by atoms with E-state index in [9.17, 15) is 13.6 Å². The average molecular weight is 377 g/mol. The average Bonchev–Trinajstić information content (AvgIpc) is 2.08. The Labute approximate surface area is 100 Å². The summed E-state index contributed by atoms with van der Waals surface area (Å²) in [7, 11) is 0. The van der Waals surface area contributed by atoms with Gasteiger partial charge in [0.2, 0.25) is 0 Å². The van der Waals surface area contributed by atoms with Gasteiger partial charge in [-0.1, -0.05) is 0 Å². The van der Waals surface area contributed by atoms with E-state index in [1.165, 1.54) is 0 Å². The molecule has 1 aromatic heterocycles. The highest BCUT2D eigenvalue weighted by Gasteiger charge is 2.19. The minimum absolute atomic E-state index is 0.0961. The van der Waals surface area contributed by atoms with Gasteiger partial charge in [0.1, 0.15) is 5.69 Å². The van der Waals surface area contributed by atoms with Gasteiger partial charge >= 0.3 is 0 Å². The van der Waals surface area contributed by atoms with Crippen LogP contribution in [0.5, 0.6) is 0 Å². The number of hydrogen-bond acceptors (Lipinski definition) is 2. The van der Waals surface area contributed by atoms with E-state index in [0.717, 1.165) is 6.20 Å². The van der Waals surface area contributed by atoms with Gasteiger partial charge in [0.15, 0.2) is 0 Å². The number of halogens is 4. The van der Waals surface area contributed by atoms with Gasteiger partial charge in [-0.2, -0.15) is 0 Å². The summed E-state index contributed by atoms with van der Waals surface area (Å²) in [4.78, 5) is 14.3. The summed E-state index contributed by atoms with van der Waals surface area (Å²) in [6, 6.07) is 0. The number of primary amides is 1. The third kappa shape index (κ3) is 2.19. The standard InChI is InChI=1S/C7H4BrF2IN2O/c8-3-2(7(12)14)1-13-5(4(3)11)6(9)10/h1,6H,(H2,12,14). The first-order valence-corrected chi connectivity index (χ1v) is 5.24. The van der Waals surface area contributed by atoms with Gasteiger partial charge in [0, 0.05) is 10.7 Å². The minimum atomic E-state index is -2.67. The first kappa shape index (κ1) is 11.8. The predicted octanol–water partition coefficient (Wildman–Crippen LogP) is 2.49. The maximum absolute atomic E-state index is 12.3. The van der Waals surface area contributed by atoms with Crippen molar-refractivity contribution in [2.75, 3.05) is 0 Å². The van der Waals surface area contributed by atoms with E-state index in [0.29, 0.717) is 0 Å². The molecule has 0 atom stereocenters. The van der Waals surface area contributed by atoms with E-state index < -0.39 is 12.3 Å². The second-order valence-corrected chi connectivity index (χ2v) is 4.22. The number of amides is 1. The topological polar surface area (TPSA) is 56.0 Å². The number of carbonyl (C=O) groups excluding carboxylic acids is 1. The lowest BCUT2D eigenvalue weighted by Crippen LogP contribution is -2.13. The van der Waals surface area contributed by atoms with Gasteiger partial charge in [0.25, 0.3) is 12.3 Å². The Hall–Kier alpha value is -0.310. The number of hydrogen-bond donors (Lipinski definition) is 1. The highest BCUT2D eigenvalue weighted by atomic mass is 127. The molecule has 76 valence electrons. The lowest BCUT2D eigenvalue weighted by atomic mass is 10.2. The van der Waals surface area contributed by atoms with Gasteiger partial charge in [-0.05, 0) is 38.5 Å². The zero-order valence-corrected chi connectivity index (χ0v) is 10.3. The zero-order valence-electron chi connectivity index (χ0n) is 6.60. The zero-order chi connectivity index (χ0) is 10.9. The van der Waals surface area contributed by atoms with Crippen molar-refractivity contribution in [1.29, 1.82) is 0 Å². The van der Waals surface area contributed by atoms with Gasteiger partial charge in [-0.25, -0.2) is 8.78 Å². The van der Waals surface area contributed by atoms with E-state index in [4.69, 9.17) is 5.73 Å². The fourth-order valence-electron chi connectivity index (χ4n) is 0.802. The maximum atomic E-state index is 12.3. The van der Waals surface area contributed by atoms with Crippen LogP contribution in [0.4, 0.5) is 8.78 Å². The smallest absolute Gasteiger partial charge is 0.281 e. The lowest BCUT2D eigenvalue weighted by Gasteiger charge is -2.06. The van der Waals surface area contributed by atoms with Crippen molar-refractivity contribution >= 4 is 44.4 Å². The van der Waals surface area contributed by atoms with E-state index in [-0.39, 0.29) is 19.3 Å². The molecule has 0 unspecified atom stereocenters. The van der Waals surface area contributed by atoms with Crippen molar-refractivity contribution in [2.24, 2.45) is 5.73 Å². The number of nitrogens with two attached hydrogens (primary N) is 1. The molecule has 1 amide bonds. The van der Waals surface area contributed by atoms with E-state index in [1.807, 2.05) is 0 Å². The predicted molar refractivity (Wildman–Crippen MR) is 58.1 cm³/mol. The fraction of sp³-hybridized carbons (Fsp3) is 0.143. The fourth-order valence-corrected chi connectivity index (χ4v) is 1.97. The highest BCUT2D eigenvalue weighted by molar-refractivity contribution is 14.1. The molecule has 0 saturated heterocycles. The molecule has 0 aliphatic heterocycles. The van der Waals surface area contributed by atoms with Crippen LogP contribution >= 0.6 is 38.5 Å². The molecule has 0 aliphatic carbocycles. The molecule has 0 bridgehead atoms. The molecule has 0 fully saturated rings. The third-order valence-electron chi connectivity index (χ3n) is 1.46. The Balaban J connectivity index is 3.33. The second-order valence-electron chi connectivity index (χ2n) is 2.35. The Morgan fingerprint density at radius 3 is 2.64 bits per heavy atom. The summed E-state index contributed by atoms with van der Waals surface area (Å²) in [5, 5.41) is 0. The molecular formula is C7H4BrF2IN2O. The molecule has 1 rings (SSSR count). The van der Waals surface area contributed by atoms with Crippen molar-refractivity contribution in [3.8, 4) is 0 Å². The van der Waals surface area contributed by atoms with Crippen LogP contribution in [0.3, 0.4) is 0 Å². The van der Waals surface area contributed by atoms with Gasteiger partial charge in [0.05, 0.1) is 9.13 Å². The molecule has 7 heteroatoms. The SMILES string of the molecule is NC(=O)c1cnc(C(F)F)c(I)c1Br. The second kappa shape index (κ2) is 4.47. The number of nitrogens with zero attached hydrogens (tertiary/aromatic N) is 1. The first-order chi connectivity index (χ1) is 6.45. The van der Waals surface area contributed by atoms with Gasteiger partial charge in [-0.15, -0.1) is 0 Å². The Kier molecular flexibility index (Phi) is 3.76. The largest absolute Gasteiger partial charge is 0.366 e. The number of pyridine rings is 1. The molecular weight excluding hydrogens is 373 g/mol. The van der Waals surface area contributed by atoms with Crippen LogP contribution in [0.2, 0.25) is 0 Å². The number of alkyl halides is 2. The Bertz CT molecular complexity index is 386. The van der Waals surface area contributed by atoms with Crippen LogP contribution in [0.15, 0.2) is 10.7 Å². The molecule has 0 aromatic carbocycles. The molecule has 2 N–H and O–H groups in total. The van der Waals surface area contributed by atoms with Crippen molar-refractivity contribution in [2.45, 2.75) is 6.43 Å². The summed E-state index contributed by atoms with van der Waals surface area (Å²) >= 11 is 4.70. The van der Waals surface area contributed by atoms with Crippen molar-refractivity contribution in [1.82, 2.24) is 4.98 Å². The van der Waals surface area contributed by atoms with Crippen LogP contribution in [-0.4, -0.2) is 10.9 Å². The van der Waals surface area contributed by atoms with E-state index in [1.54, 1.807) is 22.6 Å². The lowest BCUT2D eigenvalue weighted by molar-refractivity contribution is 0.0998. The summed E-state index contributed by atoms with van der Waals surface area (Å²) in [5.41, 5.74) is 4.75. The summed E-state index contributed by atoms with van der Waals surface area (Å²) < 4.78 is 25.1. The summed E-state index contributed by atoms with van der Waals surface area (Å²) in [6.07, 6.45) is -1.63. The van der Waals surface area contributed by atoms with Gasteiger partial charge in [-0.3, -0.25) is 9.78 Å². The Morgan fingerprint density at radius 1 is 1.64 bits per heavy atom. The molecule has 0 saturated carbocycles. The Morgan fingerprint density at radius 2 is 2.21 bits per heavy atom. The first-order valence-electron chi connectivity index (χ1n) is 3.37. The van der Waals surface area contributed by atoms with Crippen LogP contribution in [0, 0.1) is 3.57 Å². The maximum Gasteiger partial charge on any atom is 0.281 e. The molecule has 1 heterocycles. The van der Waals surface area contributed by atoms with E-state index >= 15 is 0 Å². The molecule has 0 aliphatic rings. The molecule has 3 nitrogen and oxygen atoms in total. The molecule has 1 aromatic rings. The van der Waals surface area contributed by atoms with E-state index in [2.05, 4.69) is 20.9 Å². The van der Waals surface area contributed by atoms with Crippen LogP contribution in [0.1, 0.15) is 22.5 Å². The summed E-state index contributed by atoms with van der Waals surface area (Å²) in [5.74, 6) is -0.705. The molecule has 0 radical (unpaired) electrons. The highest BCUT2D eigenvalue weighted by Crippen LogP contribution is 2.30. The summed E-state index contributed by atoms with van der Waals surface area (Å²) in [6.45, 7) is 0. The third-order valence-corrected chi connectivity index (χ3v) is 4.12. The normalized spacial score (nSPS) is 10.6. The van der Waals surface area contributed by atoms with Crippen LogP contribution in [0.25, 0.3) is 0 Å². The van der Waals surface area contributed by atoms with Crippen molar-refractivity contribution < 1.29 is 13.6 Å². The van der Waals surface area contributed by atoms with Gasteiger partial charge < -0.3 is 5.73 Å². The van der Waals surface area contributed by atoms with Crippen molar-refractivity contribution in [3.63, 3.8) is 0 Å². The molecule has 14 heavy (non-hydrogen) atoms. The number of rotatable bonds is 2. The number of carbonyl (C=O) groups is 1. The minimum Gasteiger partial charge on any atom is -0.366 e. The molecule has 0 spiro atoms. The van der Waals surface area contributed by atoms with Crippen LogP contribution in [-0.2, 0) is 0 Å².